The topological polar surface area (TPSA) is 17.8 Å². The summed E-state index contributed by atoms with van der Waals surface area (Å²) in [6.45, 7) is 7.00. The predicted octanol–water partition coefficient (Wildman–Crippen LogP) is 6.60. The van der Waals surface area contributed by atoms with Crippen molar-refractivity contribution in [2.24, 2.45) is 7.05 Å². The number of halogens is 2. The molecule has 0 aliphatic rings. The van der Waals surface area contributed by atoms with Gasteiger partial charge in [0.15, 0.2) is 0 Å². The summed E-state index contributed by atoms with van der Waals surface area (Å²) in [7, 11) is 2.04. The van der Waals surface area contributed by atoms with Gasteiger partial charge in [-0.05, 0) is 56.8 Å². The summed E-state index contributed by atoms with van der Waals surface area (Å²) < 4.78 is 4.34. The zero-order valence-electron chi connectivity index (χ0n) is 14.0. The van der Waals surface area contributed by atoms with E-state index in [-0.39, 0.29) is 5.41 Å². The molecule has 21 heavy (non-hydrogen) atoms. The van der Waals surface area contributed by atoms with E-state index in [2.05, 4.69) is 64.4 Å². The molecule has 0 bridgehead atoms. The molecule has 1 unspecified atom stereocenters. The van der Waals surface area contributed by atoms with Gasteiger partial charge in [0.25, 0.3) is 0 Å². The first kappa shape index (κ1) is 19.5. The molecule has 0 spiro atoms. The summed E-state index contributed by atoms with van der Waals surface area (Å²) in [4.78, 5) is 0. The van der Waals surface area contributed by atoms with E-state index in [0.29, 0.717) is 0 Å². The second kappa shape index (κ2) is 9.53. The van der Waals surface area contributed by atoms with E-state index in [9.17, 15) is 0 Å². The standard InChI is InChI=1S/C17H30BrIN2/c1-5-7-9-11-13-17(3,12-10-8-6-2)14-15(18)20-21(4)16(14)19/h5-13H2,1-4H3. The van der Waals surface area contributed by atoms with E-state index in [1.807, 2.05) is 11.7 Å². The number of nitrogens with zero attached hydrogens (tertiary/aromatic N) is 2. The second-order valence-corrected chi connectivity index (χ2v) is 8.18. The lowest BCUT2D eigenvalue weighted by atomic mass is 9.75. The summed E-state index contributed by atoms with van der Waals surface area (Å²) in [6, 6.07) is 0. The molecule has 0 aliphatic carbocycles. The first-order valence-corrected chi connectivity index (χ1v) is 10.2. The summed E-state index contributed by atoms with van der Waals surface area (Å²) in [5, 5.41) is 4.58. The van der Waals surface area contributed by atoms with Gasteiger partial charge in [0.2, 0.25) is 0 Å². The van der Waals surface area contributed by atoms with Crippen molar-refractivity contribution in [2.75, 3.05) is 0 Å². The Balaban J connectivity index is 2.88. The van der Waals surface area contributed by atoms with Crippen molar-refractivity contribution in [1.82, 2.24) is 9.78 Å². The number of aromatic nitrogens is 2. The van der Waals surface area contributed by atoms with Crippen LogP contribution in [0.25, 0.3) is 0 Å². The smallest absolute Gasteiger partial charge is 0.132 e. The molecule has 1 atom stereocenters. The molecule has 1 heterocycles. The molecule has 1 aromatic rings. The summed E-state index contributed by atoms with van der Waals surface area (Å²) in [5.74, 6) is 0. The monoisotopic (exact) mass is 468 g/mol. The van der Waals surface area contributed by atoms with Gasteiger partial charge >= 0.3 is 0 Å². The lowest BCUT2D eigenvalue weighted by Gasteiger charge is -2.30. The van der Waals surface area contributed by atoms with E-state index in [1.165, 1.54) is 67.1 Å². The van der Waals surface area contributed by atoms with Gasteiger partial charge in [-0.15, -0.1) is 0 Å². The van der Waals surface area contributed by atoms with Crippen molar-refractivity contribution in [3.8, 4) is 0 Å². The highest BCUT2D eigenvalue weighted by molar-refractivity contribution is 14.1. The van der Waals surface area contributed by atoms with Crippen LogP contribution in [0.3, 0.4) is 0 Å². The van der Waals surface area contributed by atoms with Crippen LogP contribution < -0.4 is 0 Å². The molecule has 0 fully saturated rings. The lowest BCUT2D eigenvalue weighted by molar-refractivity contribution is 0.362. The molecule has 1 rings (SSSR count). The zero-order valence-corrected chi connectivity index (χ0v) is 17.8. The van der Waals surface area contributed by atoms with E-state index in [1.54, 1.807) is 0 Å². The maximum atomic E-state index is 4.58. The van der Waals surface area contributed by atoms with Gasteiger partial charge in [-0.2, -0.15) is 5.10 Å². The van der Waals surface area contributed by atoms with Crippen LogP contribution >= 0.6 is 38.5 Å². The Bertz CT molecular complexity index is 431. The van der Waals surface area contributed by atoms with E-state index < -0.39 is 0 Å². The van der Waals surface area contributed by atoms with Crippen molar-refractivity contribution in [1.29, 1.82) is 0 Å². The molecule has 0 saturated heterocycles. The minimum Gasteiger partial charge on any atom is -0.261 e. The summed E-state index contributed by atoms with van der Waals surface area (Å²) >= 11 is 6.15. The molecule has 1 aromatic heterocycles. The minimum atomic E-state index is 0.256. The van der Waals surface area contributed by atoms with Crippen LogP contribution in [0, 0.1) is 3.70 Å². The second-order valence-electron chi connectivity index (χ2n) is 6.41. The van der Waals surface area contributed by atoms with Crippen molar-refractivity contribution >= 4 is 38.5 Å². The number of unbranched alkanes of at least 4 members (excludes halogenated alkanes) is 5. The van der Waals surface area contributed by atoms with E-state index in [0.717, 1.165) is 4.60 Å². The minimum absolute atomic E-state index is 0.256. The first-order chi connectivity index (χ1) is 9.96. The fraction of sp³-hybridized carbons (Fsp3) is 0.824. The van der Waals surface area contributed by atoms with Gasteiger partial charge in [0, 0.05) is 12.6 Å². The SMILES string of the molecule is CCCCCCC(C)(CCCCC)c1c(Br)nn(C)c1I. The third kappa shape index (κ3) is 5.52. The third-order valence-corrected chi connectivity index (χ3v) is 6.24. The Morgan fingerprint density at radius 2 is 1.57 bits per heavy atom. The first-order valence-electron chi connectivity index (χ1n) is 8.34. The van der Waals surface area contributed by atoms with Gasteiger partial charge in [-0.25, -0.2) is 0 Å². The highest BCUT2D eigenvalue weighted by Crippen LogP contribution is 2.41. The Morgan fingerprint density at radius 3 is 2.05 bits per heavy atom. The maximum Gasteiger partial charge on any atom is 0.132 e. The largest absolute Gasteiger partial charge is 0.261 e. The fourth-order valence-corrected chi connectivity index (χ4v) is 5.34. The molecule has 2 nitrogen and oxygen atoms in total. The molecule has 0 amide bonds. The number of rotatable bonds is 10. The van der Waals surface area contributed by atoms with Gasteiger partial charge in [-0.3, -0.25) is 4.68 Å². The molecule has 122 valence electrons. The van der Waals surface area contributed by atoms with Crippen LogP contribution in [0.15, 0.2) is 4.60 Å². The molecule has 0 aromatic carbocycles. The van der Waals surface area contributed by atoms with Crippen LogP contribution in [-0.2, 0) is 12.5 Å². The normalized spacial score (nSPS) is 14.4. The Hall–Kier alpha value is 0.420. The molecule has 0 saturated carbocycles. The molecule has 0 N–H and O–H groups in total. The summed E-state index contributed by atoms with van der Waals surface area (Å²) in [6.07, 6.45) is 11.8. The summed E-state index contributed by atoms with van der Waals surface area (Å²) in [5.41, 5.74) is 1.69. The molecular formula is C17H30BrIN2. The Labute approximate surface area is 152 Å². The van der Waals surface area contributed by atoms with E-state index >= 15 is 0 Å². The average molecular weight is 469 g/mol. The van der Waals surface area contributed by atoms with Gasteiger partial charge in [0.05, 0.1) is 0 Å². The van der Waals surface area contributed by atoms with Crippen LogP contribution in [-0.4, -0.2) is 9.78 Å². The lowest BCUT2D eigenvalue weighted by Crippen LogP contribution is -2.23. The molecule has 0 aliphatic heterocycles. The van der Waals surface area contributed by atoms with Crippen LogP contribution in [0.2, 0.25) is 0 Å². The van der Waals surface area contributed by atoms with Crippen LogP contribution in [0.5, 0.6) is 0 Å². The number of aryl methyl sites for hydroxylation is 1. The van der Waals surface area contributed by atoms with Crippen molar-refractivity contribution < 1.29 is 0 Å². The Morgan fingerprint density at radius 1 is 1.05 bits per heavy atom. The number of hydrogen-bond acceptors (Lipinski definition) is 1. The molecular weight excluding hydrogens is 439 g/mol. The highest BCUT2D eigenvalue weighted by atomic mass is 127. The van der Waals surface area contributed by atoms with Gasteiger partial charge in [-0.1, -0.05) is 65.7 Å². The van der Waals surface area contributed by atoms with Gasteiger partial charge < -0.3 is 0 Å². The van der Waals surface area contributed by atoms with Crippen molar-refractivity contribution in [2.45, 2.75) is 84.0 Å². The maximum absolute atomic E-state index is 4.58. The molecule has 0 radical (unpaired) electrons. The van der Waals surface area contributed by atoms with Crippen molar-refractivity contribution in [3.63, 3.8) is 0 Å². The third-order valence-electron chi connectivity index (χ3n) is 4.45. The quantitative estimate of drug-likeness (QED) is 0.279. The zero-order chi connectivity index (χ0) is 15.9. The highest BCUT2D eigenvalue weighted by Gasteiger charge is 2.32. The van der Waals surface area contributed by atoms with Crippen LogP contribution in [0.4, 0.5) is 0 Å². The fourth-order valence-electron chi connectivity index (χ4n) is 3.05. The van der Waals surface area contributed by atoms with Gasteiger partial charge in [0.1, 0.15) is 8.30 Å². The van der Waals surface area contributed by atoms with Crippen molar-refractivity contribution in [3.05, 3.63) is 13.9 Å². The average Bonchev–Trinajstić information content (AvgIpc) is 2.69. The predicted molar refractivity (Wildman–Crippen MR) is 104 cm³/mol. The molecule has 4 heteroatoms. The Kier molecular flexibility index (Phi) is 8.84. The number of hydrogen-bond donors (Lipinski definition) is 0. The van der Waals surface area contributed by atoms with E-state index in [4.69, 9.17) is 0 Å². The van der Waals surface area contributed by atoms with Crippen LogP contribution in [0.1, 0.15) is 84.1 Å².